The molecule has 2 rings (SSSR count). The normalized spacial score (nSPS) is 18.7. The highest BCUT2D eigenvalue weighted by Gasteiger charge is 2.15. The molecule has 1 atom stereocenters. The fraction of sp³-hybridized carbons (Fsp3) is 0.333. The van der Waals surface area contributed by atoms with Gasteiger partial charge in [0.25, 0.3) is 0 Å². The molecule has 0 saturated heterocycles. The largest absolute Gasteiger partial charge is 0.468 e. The Morgan fingerprint density at radius 2 is 2.50 bits per heavy atom. The average molecular weight is 218 g/mol. The lowest BCUT2D eigenvalue weighted by molar-refractivity contribution is -0.141. The molecule has 0 aliphatic heterocycles. The summed E-state index contributed by atoms with van der Waals surface area (Å²) in [6, 6.07) is 0. The average Bonchev–Trinajstić information content (AvgIpc) is 2.78. The zero-order valence-corrected chi connectivity index (χ0v) is 9.17. The van der Waals surface area contributed by atoms with Gasteiger partial charge in [0.15, 0.2) is 0 Å². The van der Waals surface area contributed by atoms with Gasteiger partial charge in [0.1, 0.15) is 12.4 Å². The van der Waals surface area contributed by atoms with E-state index in [1.807, 2.05) is 16.7 Å². The molecule has 1 heterocycles. The van der Waals surface area contributed by atoms with Crippen molar-refractivity contribution in [2.24, 2.45) is 0 Å². The Morgan fingerprint density at radius 3 is 3.19 bits per heavy atom. The predicted molar refractivity (Wildman–Crippen MR) is 59.9 cm³/mol. The van der Waals surface area contributed by atoms with Gasteiger partial charge in [-0.2, -0.15) is 0 Å². The van der Waals surface area contributed by atoms with Crippen molar-refractivity contribution in [2.75, 3.05) is 7.11 Å². The zero-order chi connectivity index (χ0) is 11.4. The van der Waals surface area contributed by atoms with Crippen LogP contribution in [0.1, 0.15) is 18.2 Å². The van der Waals surface area contributed by atoms with Crippen molar-refractivity contribution in [2.45, 2.75) is 18.9 Å². The minimum atomic E-state index is -0.255. The number of methoxy groups -OCH3 is 1. The van der Waals surface area contributed by atoms with Crippen LogP contribution < -0.4 is 0 Å². The Hall–Kier alpha value is -1.84. The third-order valence-corrected chi connectivity index (χ3v) is 2.59. The van der Waals surface area contributed by atoms with E-state index in [4.69, 9.17) is 0 Å². The van der Waals surface area contributed by atoms with Crippen molar-refractivity contribution in [1.82, 2.24) is 9.55 Å². The van der Waals surface area contributed by atoms with Crippen molar-refractivity contribution in [1.29, 1.82) is 0 Å². The molecule has 0 aromatic carbocycles. The van der Waals surface area contributed by atoms with Gasteiger partial charge in [-0.15, -0.1) is 0 Å². The van der Waals surface area contributed by atoms with Crippen LogP contribution in [-0.2, 0) is 16.1 Å². The van der Waals surface area contributed by atoms with E-state index in [0.29, 0.717) is 0 Å². The molecule has 1 aliphatic rings. The maximum Gasteiger partial charge on any atom is 0.325 e. The number of allylic oxidation sites excluding steroid dienone is 4. The van der Waals surface area contributed by atoms with Gasteiger partial charge in [0.2, 0.25) is 0 Å². The van der Waals surface area contributed by atoms with Crippen molar-refractivity contribution in [3.63, 3.8) is 0 Å². The van der Waals surface area contributed by atoms with Crippen molar-refractivity contribution < 1.29 is 9.53 Å². The van der Waals surface area contributed by atoms with Crippen LogP contribution in [-0.4, -0.2) is 22.6 Å². The molecule has 0 saturated carbocycles. The van der Waals surface area contributed by atoms with Gasteiger partial charge in [0.05, 0.1) is 7.11 Å². The highest BCUT2D eigenvalue weighted by Crippen LogP contribution is 2.22. The van der Waals surface area contributed by atoms with Crippen LogP contribution in [0.15, 0.2) is 36.7 Å². The lowest BCUT2D eigenvalue weighted by Gasteiger charge is -2.14. The molecule has 1 aliphatic carbocycles. The first-order chi connectivity index (χ1) is 7.81. The highest BCUT2D eigenvalue weighted by molar-refractivity contribution is 5.69. The second-order valence-corrected chi connectivity index (χ2v) is 3.64. The summed E-state index contributed by atoms with van der Waals surface area (Å²) in [5.74, 6) is 0.908. The number of ether oxygens (including phenoxy) is 1. The second kappa shape index (κ2) is 4.79. The first-order valence-corrected chi connectivity index (χ1v) is 5.22. The number of esters is 1. The minimum absolute atomic E-state index is 0.222. The number of nitrogens with zero attached hydrogens (tertiary/aromatic N) is 2. The lowest BCUT2D eigenvalue weighted by Crippen LogP contribution is -2.15. The van der Waals surface area contributed by atoms with Gasteiger partial charge in [-0.25, -0.2) is 4.98 Å². The van der Waals surface area contributed by atoms with Crippen LogP contribution in [0, 0.1) is 0 Å². The Morgan fingerprint density at radius 1 is 1.62 bits per heavy atom. The van der Waals surface area contributed by atoms with E-state index < -0.39 is 0 Å². The second-order valence-electron chi connectivity index (χ2n) is 3.64. The first kappa shape index (κ1) is 10.7. The van der Waals surface area contributed by atoms with E-state index in [9.17, 15) is 4.79 Å². The van der Waals surface area contributed by atoms with E-state index in [2.05, 4.69) is 21.9 Å². The molecule has 0 bridgehead atoms. The Balaban J connectivity index is 2.15. The van der Waals surface area contributed by atoms with E-state index in [1.165, 1.54) is 7.11 Å². The van der Waals surface area contributed by atoms with Gasteiger partial charge in [0, 0.05) is 18.3 Å². The maximum absolute atomic E-state index is 11.2. The molecule has 1 aromatic heterocycles. The molecule has 0 fully saturated rings. The molecule has 0 radical (unpaired) electrons. The highest BCUT2D eigenvalue weighted by atomic mass is 16.5. The van der Waals surface area contributed by atoms with E-state index in [1.54, 1.807) is 12.4 Å². The van der Waals surface area contributed by atoms with Gasteiger partial charge in [-0.1, -0.05) is 24.3 Å². The third kappa shape index (κ3) is 2.21. The van der Waals surface area contributed by atoms with Gasteiger partial charge in [-0.05, 0) is 6.42 Å². The summed E-state index contributed by atoms with van der Waals surface area (Å²) in [6.45, 7) is 0.222. The molecule has 84 valence electrons. The fourth-order valence-corrected chi connectivity index (χ4v) is 1.76. The number of rotatable bonds is 3. The number of hydrogen-bond acceptors (Lipinski definition) is 3. The summed E-state index contributed by atoms with van der Waals surface area (Å²) in [5, 5.41) is 0. The summed E-state index contributed by atoms with van der Waals surface area (Å²) in [4.78, 5) is 15.5. The van der Waals surface area contributed by atoms with Crippen LogP contribution in [0.5, 0.6) is 0 Å². The maximum atomic E-state index is 11.2. The molecule has 0 N–H and O–H groups in total. The summed E-state index contributed by atoms with van der Waals surface area (Å²) in [6.07, 6.45) is 12.7. The summed E-state index contributed by atoms with van der Waals surface area (Å²) >= 11 is 0. The van der Waals surface area contributed by atoms with Crippen LogP contribution in [0.4, 0.5) is 0 Å². The van der Waals surface area contributed by atoms with Gasteiger partial charge >= 0.3 is 5.97 Å². The summed E-state index contributed by atoms with van der Waals surface area (Å²) in [5.41, 5.74) is 0. The monoisotopic (exact) mass is 218 g/mol. The van der Waals surface area contributed by atoms with Gasteiger partial charge < -0.3 is 9.30 Å². The topological polar surface area (TPSA) is 44.1 Å². The first-order valence-electron chi connectivity index (χ1n) is 5.22. The van der Waals surface area contributed by atoms with E-state index in [0.717, 1.165) is 12.2 Å². The number of carbonyl (C=O) groups excluding carboxylic acids is 1. The third-order valence-electron chi connectivity index (χ3n) is 2.59. The standard InChI is InChI=1S/C12H14N2O2/c1-16-11(15)9-14-8-7-13-12(14)10-5-3-2-4-6-10/h2-5,7-8,10H,6,9H2,1H3. The zero-order valence-electron chi connectivity index (χ0n) is 9.17. The number of aromatic nitrogens is 2. The molecule has 16 heavy (non-hydrogen) atoms. The predicted octanol–water partition coefficient (Wildman–Crippen LogP) is 1.66. The van der Waals surface area contributed by atoms with Crippen molar-refractivity contribution in [3.05, 3.63) is 42.5 Å². The SMILES string of the molecule is COC(=O)Cn1ccnc1C1C=CC=CC1. The van der Waals surface area contributed by atoms with E-state index in [-0.39, 0.29) is 18.4 Å². The van der Waals surface area contributed by atoms with Crippen molar-refractivity contribution in [3.8, 4) is 0 Å². The Bertz CT molecular complexity index is 432. The van der Waals surface area contributed by atoms with Crippen LogP contribution in [0.25, 0.3) is 0 Å². The Kier molecular flexibility index (Phi) is 3.19. The van der Waals surface area contributed by atoms with Crippen LogP contribution >= 0.6 is 0 Å². The molecule has 1 unspecified atom stereocenters. The molecule has 4 nitrogen and oxygen atoms in total. The lowest BCUT2D eigenvalue weighted by atomic mass is 10.0. The number of hydrogen-bond donors (Lipinski definition) is 0. The summed E-state index contributed by atoms with van der Waals surface area (Å²) < 4.78 is 6.48. The molecule has 0 spiro atoms. The van der Waals surface area contributed by atoms with Crippen LogP contribution in [0.3, 0.4) is 0 Å². The molecular weight excluding hydrogens is 204 g/mol. The van der Waals surface area contributed by atoms with Crippen molar-refractivity contribution >= 4 is 5.97 Å². The smallest absolute Gasteiger partial charge is 0.325 e. The molecular formula is C12H14N2O2. The Labute approximate surface area is 94.2 Å². The number of imidazole rings is 1. The molecule has 4 heteroatoms. The quantitative estimate of drug-likeness (QED) is 0.725. The molecule has 0 amide bonds. The fourth-order valence-electron chi connectivity index (χ4n) is 1.76. The minimum Gasteiger partial charge on any atom is -0.468 e. The number of carbonyl (C=O) groups is 1. The summed E-state index contributed by atoms with van der Waals surface area (Å²) in [7, 11) is 1.39. The van der Waals surface area contributed by atoms with E-state index >= 15 is 0 Å². The van der Waals surface area contributed by atoms with Gasteiger partial charge in [-0.3, -0.25) is 4.79 Å². The molecule has 1 aromatic rings. The van der Waals surface area contributed by atoms with Crippen LogP contribution in [0.2, 0.25) is 0 Å².